The third-order valence-corrected chi connectivity index (χ3v) is 7.27. The maximum atomic E-state index is 13.2. The average Bonchev–Trinajstić information content (AvgIpc) is 3.43. The largest absolute Gasteiger partial charge is 0.497 e. The third kappa shape index (κ3) is 4.41. The highest BCUT2D eigenvalue weighted by atomic mass is 16.5. The van der Waals surface area contributed by atoms with Crippen molar-refractivity contribution in [2.75, 3.05) is 33.8 Å². The van der Waals surface area contributed by atoms with Crippen molar-refractivity contribution < 1.29 is 14.3 Å². The number of benzene rings is 2. The number of likely N-dealkylation sites (tertiary alicyclic amines) is 1. The fourth-order valence-corrected chi connectivity index (χ4v) is 5.21. The minimum Gasteiger partial charge on any atom is -0.497 e. The second-order valence-electron chi connectivity index (χ2n) is 9.33. The summed E-state index contributed by atoms with van der Waals surface area (Å²) in [6.45, 7) is 2.79. The molecule has 2 aliphatic heterocycles. The summed E-state index contributed by atoms with van der Waals surface area (Å²) in [7, 11) is 3.24. The van der Waals surface area contributed by atoms with Crippen molar-refractivity contribution in [3.63, 3.8) is 0 Å². The Bertz CT molecular complexity index is 1180. The second-order valence-corrected chi connectivity index (χ2v) is 9.33. The molecule has 2 saturated heterocycles. The van der Waals surface area contributed by atoms with Gasteiger partial charge in [0.15, 0.2) is 0 Å². The maximum absolute atomic E-state index is 13.2. The van der Waals surface area contributed by atoms with Crippen LogP contribution in [0.5, 0.6) is 5.75 Å². The molecule has 8 nitrogen and oxygen atoms in total. The number of para-hydroxylation sites is 1. The molecule has 5 rings (SSSR count). The van der Waals surface area contributed by atoms with Gasteiger partial charge in [0.2, 0.25) is 0 Å². The number of urea groups is 1. The number of methoxy groups -OCH3 is 1. The molecule has 0 aliphatic carbocycles. The number of aromatic nitrogens is 2. The van der Waals surface area contributed by atoms with E-state index in [0.29, 0.717) is 25.8 Å². The van der Waals surface area contributed by atoms with Crippen molar-refractivity contribution in [2.45, 2.75) is 31.3 Å². The van der Waals surface area contributed by atoms with Gasteiger partial charge in [0.05, 0.1) is 19.0 Å². The number of nitrogens with zero attached hydrogens (tertiary/aromatic N) is 5. The fourth-order valence-electron chi connectivity index (χ4n) is 5.21. The number of likely N-dealkylation sites (N-methyl/N-ethyl adjacent to an activating group) is 1. The lowest BCUT2D eigenvalue weighted by Crippen LogP contribution is -2.56. The molecule has 0 radical (unpaired) electrons. The molecule has 0 atom stereocenters. The van der Waals surface area contributed by atoms with Gasteiger partial charge in [0.25, 0.3) is 5.91 Å². The molecule has 182 valence electrons. The zero-order valence-electron chi connectivity index (χ0n) is 20.3. The van der Waals surface area contributed by atoms with Gasteiger partial charge >= 0.3 is 6.03 Å². The van der Waals surface area contributed by atoms with Crippen molar-refractivity contribution in [3.8, 4) is 11.4 Å². The number of rotatable bonds is 7. The van der Waals surface area contributed by atoms with Crippen LogP contribution in [0.1, 0.15) is 24.0 Å². The minimum atomic E-state index is -0.747. The van der Waals surface area contributed by atoms with Gasteiger partial charge in [0, 0.05) is 45.0 Å². The number of hydrogen-bond donors (Lipinski definition) is 0. The van der Waals surface area contributed by atoms with E-state index in [9.17, 15) is 9.59 Å². The predicted octanol–water partition coefficient (Wildman–Crippen LogP) is 3.35. The number of imide groups is 1. The van der Waals surface area contributed by atoms with Crippen LogP contribution in [-0.4, -0.2) is 75.7 Å². The molecule has 0 unspecified atom stereocenters. The Labute approximate surface area is 205 Å². The summed E-state index contributed by atoms with van der Waals surface area (Å²) in [4.78, 5) is 31.7. The second kappa shape index (κ2) is 9.54. The van der Waals surface area contributed by atoms with Gasteiger partial charge in [0.1, 0.15) is 11.3 Å². The van der Waals surface area contributed by atoms with Gasteiger partial charge in [-0.2, -0.15) is 5.10 Å². The number of carbonyl (C=O) groups excluding carboxylic acids is 2. The summed E-state index contributed by atoms with van der Waals surface area (Å²) in [5.74, 6) is 0.729. The molecule has 2 fully saturated rings. The van der Waals surface area contributed by atoms with E-state index in [1.807, 2.05) is 70.4 Å². The van der Waals surface area contributed by atoms with Crippen LogP contribution in [0.3, 0.4) is 0 Å². The van der Waals surface area contributed by atoms with Crippen molar-refractivity contribution in [3.05, 3.63) is 78.1 Å². The zero-order valence-corrected chi connectivity index (χ0v) is 20.3. The van der Waals surface area contributed by atoms with Gasteiger partial charge in [-0.05, 0) is 49.1 Å². The standard InChI is InChI=1S/C27H31N5O3/c1-29-25(33)27(31(26(29)34)15-12-21-8-10-24(35-2)11-9-21)13-16-30(17-14-27)19-22-18-28-32(20-22)23-6-4-3-5-7-23/h3-11,18,20H,12-17,19H2,1-2H3. The van der Waals surface area contributed by atoms with Crippen LogP contribution >= 0.6 is 0 Å². The Morgan fingerprint density at radius 1 is 0.971 bits per heavy atom. The summed E-state index contributed by atoms with van der Waals surface area (Å²) in [6.07, 6.45) is 5.92. The first-order valence-electron chi connectivity index (χ1n) is 12.0. The topological polar surface area (TPSA) is 70.9 Å². The summed E-state index contributed by atoms with van der Waals surface area (Å²) < 4.78 is 7.12. The number of piperidine rings is 1. The number of carbonyl (C=O) groups is 2. The van der Waals surface area contributed by atoms with Gasteiger partial charge in [-0.3, -0.25) is 14.6 Å². The van der Waals surface area contributed by atoms with Crippen LogP contribution in [0.15, 0.2) is 67.0 Å². The molecule has 0 bridgehead atoms. The SMILES string of the molecule is COc1ccc(CCN2C(=O)N(C)C(=O)C23CCN(Cc2cnn(-c4ccccc4)c2)CC3)cc1. The van der Waals surface area contributed by atoms with Crippen LogP contribution in [-0.2, 0) is 17.8 Å². The minimum absolute atomic E-state index is 0.0752. The Balaban J connectivity index is 1.24. The van der Waals surface area contributed by atoms with E-state index in [2.05, 4.69) is 16.2 Å². The molecule has 8 heteroatoms. The first-order chi connectivity index (χ1) is 17.0. The third-order valence-electron chi connectivity index (χ3n) is 7.27. The molecular formula is C27H31N5O3. The van der Waals surface area contributed by atoms with Crippen molar-refractivity contribution in [1.29, 1.82) is 0 Å². The molecule has 0 N–H and O–H groups in total. The number of amides is 3. The lowest BCUT2D eigenvalue weighted by atomic mass is 9.85. The van der Waals surface area contributed by atoms with Gasteiger partial charge < -0.3 is 9.64 Å². The molecule has 1 spiro atoms. The lowest BCUT2D eigenvalue weighted by Gasteiger charge is -2.42. The summed E-state index contributed by atoms with van der Waals surface area (Å²) >= 11 is 0. The van der Waals surface area contributed by atoms with Crippen LogP contribution in [0.4, 0.5) is 4.79 Å². The Hall–Kier alpha value is -3.65. The Morgan fingerprint density at radius 2 is 1.69 bits per heavy atom. The van der Waals surface area contributed by atoms with E-state index in [4.69, 9.17) is 4.74 Å². The van der Waals surface area contributed by atoms with Crippen molar-refractivity contribution >= 4 is 11.9 Å². The molecule has 0 saturated carbocycles. The molecular weight excluding hydrogens is 442 g/mol. The van der Waals surface area contributed by atoms with Crippen molar-refractivity contribution in [2.24, 2.45) is 0 Å². The first-order valence-corrected chi connectivity index (χ1v) is 12.0. The summed E-state index contributed by atoms with van der Waals surface area (Å²) in [5, 5.41) is 4.50. The van der Waals surface area contributed by atoms with Gasteiger partial charge in [-0.15, -0.1) is 0 Å². The number of hydrogen-bond acceptors (Lipinski definition) is 5. The molecule has 2 aromatic carbocycles. The molecule has 3 heterocycles. The van der Waals surface area contributed by atoms with E-state index >= 15 is 0 Å². The summed E-state index contributed by atoms with van der Waals surface area (Å²) in [6, 6.07) is 17.7. The van der Waals surface area contributed by atoms with Gasteiger partial charge in [-0.25, -0.2) is 9.48 Å². The van der Waals surface area contributed by atoms with Crippen LogP contribution < -0.4 is 4.74 Å². The highest BCUT2D eigenvalue weighted by Crippen LogP contribution is 2.37. The smallest absolute Gasteiger partial charge is 0.327 e. The Morgan fingerprint density at radius 3 is 2.37 bits per heavy atom. The molecule has 1 aromatic heterocycles. The first kappa shape index (κ1) is 23.1. The normalized spacial score (nSPS) is 18.0. The zero-order chi connectivity index (χ0) is 24.4. The quantitative estimate of drug-likeness (QED) is 0.492. The fraction of sp³-hybridized carbons (Fsp3) is 0.370. The van der Waals surface area contributed by atoms with Crippen LogP contribution in [0.2, 0.25) is 0 Å². The van der Waals surface area contributed by atoms with Crippen molar-refractivity contribution in [1.82, 2.24) is 24.5 Å². The Kier molecular flexibility index (Phi) is 6.30. The van der Waals surface area contributed by atoms with Crippen LogP contribution in [0.25, 0.3) is 5.69 Å². The van der Waals surface area contributed by atoms with Crippen LogP contribution in [0, 0.1) is 0 Å². The number of ether oxygens (including phenoxy) is 1. The van der Waals surface area contributed by atoms with E-state index < -0.39 is 5.54 Å². The molecule has 2 aliphatic rings. The van der Waals surface area contributed by atoms with E-state index in [1.54, 1.807) is 14.2 Å². The molecule has 35 heavy (non-hydrogen) atoms. The van der Waals surface area contributed by atoms with E-state index in [-0.39, 0.29) is 11.9 Å². The van der Waals surface area contributed by atoms with E-state index in [1.165, 1.54) is 4.90 Å². The predicted molar refractivity (Wildman–Crippen MR) is 132 cm³/mol. The molecule has 3 amide bonds. The average molecular weight is 474 g/mol. The summed E-state index contributed by atoms with van der Waals surface area (Å²) in [5.41, 5.74) is 2.53. The lowest BCUT2D eigenvalue weighted by molar-refractivity contribution is -0.134. The monoisotopic (exact) mass is 473 g/mol. The molecule has 3 aromatic rings. The maximum Gasteiger partial charge on any atom is 0.327 e. The highest BCUT2D eigenvalue weighted by molar-refractivity contribution is 6.06. The van der Waals surface area contributed by atoms with E-state index in [0.717, 1.165) is 42.2 Å². The van der Waals surface area contributed by atoms with Gasteiger partial charge in [-0.1, -0.05) is 30.3 Å². The highest BCUT2D eigenvalue weighted by Gasteiger charge is 2.56.